The summed E-state index contributed by atoms with van der Waals surface area (Å²) in [5.41, 5.74) is 0.300. The summed E-state index contributed by atoms with van der Waals surface area (Å²) >= 11 is 7.32. The van der Waals surface area contributed by atoms with Crippen LogP contribution in [0.2, 0.25) is 4.34 Å². The zero-order valence-corrected chi connectivity index (χ0v) is 18.3. The third-order valence-electron chi connectivity index (χ3n) is 4.81. The molecule has 0 spiro atoms. The van der Waals surface area contributed by atoms with Gasteiger partial charge in [0.25, 0.3) is 0 Å². The lowest BCUT2D eigenvalue weighted by molar-refractivity contribution is -0.0668. The van der Waals surface area contributed by atoms with Crippen LogP contribution in [0.1, 0.15) is 45.6 Å². The van der Waals surface area contributed by atoms with Crippen molar-refractivity contribution in [1.29, 1.82) is 0 Å². The highest BCUT2D eigenvalue weighted by Crippen LogP contribution is 2.46. The number of aliphatic hydroxyl groups excluding tert-OH is 1. The molecule has 1 fully saturated rings. The molecule has 7 heteroatoms. The van der Waals surface area contributed by atoms with Crippen molar-refractivity contribution in [1.82, 2.24) is 10.2 Å². The second-order valence-corrected chi connectivity index (χ2v) is 8.63. The molecule has 2 N–H and O–H groups in total. The Kier molecular flexibility index (Phi) is 7.20. The third kappa shape index (κ3) is 4.32. The average molecular weight is 472 g/mol. The molecule has 2 heterocycles. The van der Waals surface area contributed by atoms with Gasteiger partial charge >= 0.3 is 0 Å². The summed E-state index contributed by atoms with van der Waals surface area (Å²) in [4.78, 5) is 7.76. The van der Waals surface area contributed by atoms with E-state index >= 15 is 0 Å². The molecular formula is C16H27ClIN3OS. The standard InChI is InChI=1S/C16H26ClN3OS.HI/c1-6-18-14(20-10-15(2,3)16(20,4)5)19-9-11(21)12-7-8-13(17)22-12;/h7-8,11,21H,6,9-10H2,1-5H3,(H,18,19);1H. The van der Waals surface area contributed by atoms with Crippen molar-refractivity contribution in [2.24, 2.45) is 10.4 Å². The number of guanidine groups is 1. The minimum absolute atomic E-state index is 0. The molecule has 132 valence electrons. The lowest BCUT2D eigenvalue weighted by Crippen LogP contribution is -2.72. The van der Waals surface area contributed by atoms with E-state index in [4.69, 9.17) is 11.6 Å². The van der Waals surface area contributed by atoms with Crippen LogP contribution in [-0.2, 0) is 0 Å². The van der Waals surface area contributed by atoms with Crippen LogP contribution >= 0.6 is 46.9 Å². The smallest absolute Gasteiger partial charge is 0.194 e. The lowest BCUT2D eigenvalue weighted by Gasteiger charge is -2.62. The van der Waals surface area contributed by atoms with Crippen LogP contribution in [-0.4, -0.2) is 41.1 Å². The Hall–Kier alpha value is -0.0500. The maximum Gasteiger partial charge on any atom is 0.194 e. The molecule has 4 nitrogen and oxygen atoms in total. The highest BCUT2D eigenvalue weighted by molar-refractivity contribution is 14.0. The van der Waals surface area contributed by atoms with Crippen molar-refractivity contribution < 1.29 is 5.11 Å². The molecule has 0 radical (unpaired) electrons. The molecule has 1 aromatic rings. The van der Waals surface area contributed by atoms with Gasteiger partial charge in [0.15, 0.2) is 5.96 Å². The number of nitrogens with one attached hydrogen (secondary N) is 1. The zero-order chi connectivity index (χ0) is 16.5. The zero-order valence-electron chi connectivity index (χ0n) is 14.4. The second-order valence-electron chi connectivity index (χ2n) is 6.88. The third-order valence-corrected chi connectivity index (χ3v) is 6.14. The van der Waals surface area contributed by atoms with Crippen molar-refractivity contribution >= 4 is 52.9 Å². The number of thiophene rings is 1. The largest absolute Gasteiger partial charge is 0.386 e. The number of rotatable bonds is 4. The summed E-state index contributed by atoms with van der Waals surface area (Å²) in [6, 6.07) is 3.66. The molecule has 1 aromatic heterocycles. The number of likely N-dealkylation sites (tertiary alicyclic amines) is 1. The molecule has 0 bridgehead atoms. The van der Waals surface area contributed by atoms with Gasteiger partial charge in [-0.1, -0.05) is 25.4 Å². The first-order valence-electron chi connectivity index (χ1n) is 7.68. The van der Waals surface area contributed by atoms with E-state index in [1.54, 1.807) is 6.07 Å². The Morgan fingerprint density at radius 2 is 2.09 bits per heavy atom. The van der Waals surface area contributed by atoms with Gasteiger partial charge in [0.1, 0.15) is 6.10 Å². The predicted molar refractivity (Wildman–Crippen MR) is 110 cm³/mol. The van der Waals surface area contributed by atoms with E-state index in [2.05, 4.69) is 49.8 Å². The van der Waals surface area contributed by atoms with Gasteiger partial charge in [0.05, 0.1) is 10.9 Å². The van der Waals surface area contributed by atoms with Gasteiger partial charge in [-0.15, -0.1) is 35.3 Å². The topological polar surface area (TPSA) is 47.9 Å². The van der Waals surface area contributed by atoms with Crippen molar-refractivity contribution in [2.75, 3.05) is 19.6 Å². The Balaban J connectivity index is 0.00000264. The summed E-state index contributed by atoms with van der Waals surface area (Å²) in [5, 5.41) is 13.6. The van der Waals surface area contributed by atoms with Crippen molar-refractivity contribution in [3.05, 3.63) is 21.3 Å². The molecule has 1 saturated heterocycles. The number of aliphatic hydroxyl groups is 1. The van der Waals surface area contributed by atoms with Crippen LogP contribution < -0.4 is 5.32 Å². The fraction of sp³-hybridized carbons (Fsp3) is 0.688. The van der Waals surface area contributed by atoms with Crippen LogP contribution in [0, 0.1) is 5.41 Å². The summed E-state index contributed by atoms with van der Waals surface area (Å²) in [6.07, 6.45) is -0.608. The number of halogens is 2. The molecule has 0 saturated carbocycles. The van der Waals surface area contributed by atoms with Gasteiger partial charge in [0.2, 0.25) is 0 Å². The summed E-state index contributed by atoms with van der Waals surface area (Å²) in [6.45, 7) is 13.2. The molecule has 0 aliphatic carbocycles. The number of hydrogen-bond acceptors (Lipinski definition) is 3. The van der Waals surface area contributed by atoms with Crippen LogP contribution in [0.25, 0.3) is 0 Å². The van der Waals surface area contributed by atoms with Gasteiger partial charge in [-0.2, -0.15) is 0 Å². The maximum absolute atomic E-state index is 10.3. The van der Waals surface area contributed by atoms with Crippen LogP contribution in [0.5, 0.6) is 0 Å². The van der Waals surface area contributed by atoms with Gasteiger partial charge in [-0.3, -0.25) is 4.99 Å². The molecule has 23 heavy (non-hydrogen) atoms. The van der Waals surface area contributed by atoms with E-state index in [9.17, 15) is 5.11 Å². The van der Waals surface area contributed by atoms with E-state index in [0.717, 1.165) is 23.9 Å². The van der Waals surface area contributed by atoms with Crippen LogP contribution in [0.4, 0.5) is 0 Å². The summed E-state index contributed by atoms with van der Waals surface area (Å²) in [7, 11) is 0. The molecule has 0 aromatic carbocycles. The van der Waals surface area contributed by atoms with Crippen molar-refractivity contribution in [3.8, 4) is 0 Å². The van der Waals surface area contributed by atoms with Gasteiger partial charge < -0.3 is 15.3 Å². The van der Waals surface area contributed by atoms with Gasteiger partial charge in [0, 0.05) is 28.9 Å². The fourth-order valence-corrected chi connectivity index (χ4v) is 3.60. The van der Waals surface area contributed by atoms with E-state index in [1.165, 1.54) is 11.3 Å². The van der Waals surface area contributed by atoms with Crippen LogP contribution in [0.15, 0.2) is 17.1 Å². The molecule has 2 rings (SSSR count). The minimum Gasteiger partial charge on any atom is -0.386 e. The maximum atomic E-state index is 10.3. The highest BCUT2D eigenvalue weighted by atomic mass is 127. The summed E-state index contributed by atoms with van der Waals surface area (Å²) < 4.78 is 0.690. The molecular weight excluding hydrogens is 445 g/mol. The van der Waals surface area contributed by atoms with E-state index in [1.807, 2.05) is 6.07 Å². The second kappa shape index (κ2) is 7.89. The van der Waals surface area contributed by atoms with E-state index in [0.29, 0.717) is 10.9 Å². The Morgan fingerprint density at radius 3 is 2.52 bits per heavy atom. The first kappa shape index (κ1) is 21.0. The van der Waals surface area contributed by atoms with E-state index < -0.39 is 6.10 Å². The van der Waals surface area contributed by atoms with Gasteiger partial charge in [-0.05, 0) is 32.9 Å². The molecule has 0 amide bonds. The Bertz CT molecular complexity index is 559. The fourth-order valence-electron chi connectivity index (χ4n) is 2.57. The lowest BCUT2D eigenvalue weighted by atomic mass is 9.65. The first-order chi connectivity index (χ1) is 10.2. The SMILES string of the molecule is CCNC(=NCC(O)c1ccc(Cl)s1)N1CC(C)(C)C1(C)C.I. The molecule has 1 atom stereocenters. The minimum atomic E-state index is -0.608. The summed E-state index contributed by atoms with van der Waals surface area (Å²) in [5.74, 6) is 0.869. The average Bonchev–Trinajstić information content (AvgIpc) is 2.87. The quantitative estimate of drug-likeness (QED) is 0.394. The molecule has 1 aliphatic heterocycles. The predicted octanol–water partition coefficient (Wildman–Crippen LogP) is 4.14. The Labute approximate surface area is 165 Å². The van der Waals surface area contributed by atoms with Crippen molar-refractivity contribution in [2.45, 2.75) is 46.3 Å². The number of nitrogens with zero attached hydrogens (tertiary/aromatic N) is 2. The molecule has 1 aliphatic rings. The molecule has 1 unspecified atom stereocenters. The highest BCUT2D eigenvalue weighted by Gasteiger charge is 2.53. The van der Waals surface area contributed by atoms with E-state index in [-0.39, 0.29) is 34.9 Å². The van der Waals surface area contributed by atoms with Crippen molar-refractivity contribution in [3.63, 3.8) is 0 Å². The monoisotopic (exact) mass is 471 g/mol. The van der Waals surface area contributed by atoms with Gasteiger partial charge in [-0.25, -0.2) is 0 Å². The first-order valence-corrected chi connectivity index (χ1v) is 8.87. The Morgan fingerprint density at radius 1 is 1.43 bits per heavy atom. The number of hydrogen-bond donors (Lipinski definition) is 2. The number of aliphatic imine (C=N–C) groups is 1. The van der Waals surface area contributed by atoms with Crippen LogP contribution in [0.3, 0.4) is 0 Å². The normalized spacial score (nSPS) is 20.5.